The van der Waals surface area contributed by atoms with Crippen LogP contribution in [0.4, 0.5) is 13.2 Å². The van der Waals surface area contributed by atoms with E-state index in [-0.39, 0.29) is 29.9 Å². The van der Waals surface area contributed by atoms with Crippen molar-refractivity contribution < 1.29 is 28.2 Å². The molecule has 1 aliphatic carbocycles. The molecule has 0 spiro atoms. The first-order valence-corrected chi connectivity index (χ1v) is 10.1. The number of amides is 1. The van der Waals surface area contributed by atoms with Crippen LogP contribution in [0.15, 0.2) is 36.4 Å². The lowest BCUT2D eigenvalue weighted by molar-refractivity contribution is -0.130. The maximum absolute atomic E-state index is 14.4. The first-order valence-electron chi connectivity index (χ1n) is 10.1. The number of aliphatic hydroxyl groups is 2. The van der Waals surface area contributed by atoms with Crippen LogP contribution in [0.2, 0.25) is 0 Å². The number of carbonyl (C=O) groups excluding carboxylic acids is 1. The summed E-state index contributed by atoms with van der Waals surface area (Å²) in [5, 5.41) is 21.9. The van der Waals surface area contributed by atoms with Crippen LogP contribution in [0.1, 0.15) is 31.2 Å². The number of aliphatic hydroxyl groups excluding tert-OH is 2. The number of halogens is 3. The summed E-state index contributed by atoms with van der Waals surface area (Å²) < 4.78 is 41.8. The molecular weight excluding hydrogens is 409 g/mol. The Labute approximate surface area is 176 Å². The van der Waals surface area contributed by atoms with Crippen LogP contribution in [0.5, 0.6) is 0 Å². The normalized spacial score (nSPS) is 20.3. The Bertz CT molecular complexity index is 1110. The average molecular weight is 432 g/mol. The second-order valence-corrected chi connectivity index (χ2v) is 8.13. The van der Waals surface area contributed by atoms with Gasteiger partial charge in [-0.2, -0.15) is 0 Å². The van der Waals surface area contributed by atoms with E-state index in [2.05, 4.69) is 10.3 Å². The molecule has 4 rings (SSSR count). The summed E-state index contributed by atoms with van der Waals surface area (Å²) in [5.74, 6) is -2.59. The van der Waals surface area contributed by atoms with Crippen molar-refractivity contribution >= 4 is 16.8 Å². The van der Waals surface area contributed by atoms with Crippen molar-refractivity contribution in [2.75, 3.05) is 6.61 Å². The maximum Gasteiger partial charge on any atom is 0.223 e. The minimum atomic E-state index is -0.894. The van der Waals surface area contributed by atoms with Crippen molar-refractivity contribution in [3.8, 4) is 11.3 Å². The number of hydrogen-bond acceptors (Lipinski definition) is 3. The molecule has 1 unspecified atom stereocenters. The highest BCUT2D eigenvalue weighted by Gasteiger charge is 2.39. The van der Waals surface area contributed by atoms with E-state index in [0.717, 1.165) is 6.07 Å². The van der Waals surface area contributed by atoms with Gasteiger partial charge in [0.25, 0.3) is 0 Å². The zero-order valence-corrected chi connectivity index (χ0v) is 16.8. The summed E-state index contributed by atoms with van der Waals surface area (Å²) in [6, 6.07) is 7.04. The van der Waals surface area contributed by atoms with Crippen LogP contribution in [0.25, 0.3) is 22.2 Å². The molecule has 1 fully saturated rings. The number of aromatic nitrogens is 1. The van der Waals surface area contributed by atoms with E-state index < -0.39 is 29.6 Å². The van der Waals surface area contributed by atoms with Gasteiger partial charge in [-0.25, -0.2) is 13.2 Å². The molecule has 1 heterocycles. The fourth-order valence-electron chi connectivity index (χ4n) is 4.20. The van der Waals surface area contributed by atoms with Crippen LogP contribution in [0, 0.1) is 23.4 Å². The van der Waals surface area contributed by atoms with Crippen LogP contribution in [-0.4, -0.2) is 39.9 Å². The lowest BCUT2D eigenvalue weighted by atomic mass is 9.69. The van der Waals surface area contributed by atoms with E-state index in [9.17, 15) is 28.2 Å². The molecule has 3 aromatic rings. The molecule has 8 heteroatoms. The molecular formula is C23H23F3N2O3. The number of H-pyrrole nitrogens is 1. The minimum absolute atomic E-state index is 0.134. The van der Waals surface area contributed by atoms with Gasteiger partial charge in [0.1, 0.15) is 17.5 Å². The fourth-order valence-corrected chi connectivity index (χ4v) is 4.20. The number of nitrogens with one attached hydrogen (secondary N) is 2. The van der Waals surface area contributed by atoms with Crippen molar-refractivity contribution in [1.82, 2.24) is 10.3 Å². The highest BCUT2D eigenvalue weighted by molar-refractivity contribution is 5.92. The third-order valence-electron chi connectivity index (χ3n) is 6.02. The SMILES string of the molecule is CC(O)[C@H](CO)NC(=O)C1CC(c2c(-c3ccc(F)cc3)[nH]c3c(F)cc(F)cc23)C1. The minimum Gasteiger partial charge on any atom is -0.394 e. The summed E-state index contributed by atoms with van der Waals surface area (Å²) in [4.78, 5) is 15.5. The number of benzene rings is 2. The lowest BCUT2D eigenvalue weighted by Crippen LogP contribution is -2.49. The van der Waals surface area contributed by atoms with Gasteiger partial charge in [-0.15, -0.1) is 0 Å². The summed E-state index contributed by atoms with van der Waals surface area (Å²) in [7, 11) is 0. The molecule has 1 saturated carbocycles. The molecule has 1 amide bonds. The molecule has 0 aliphatic heterocycles. The number of hydrogen-bond donors (Lipinski definition) is 4. The Kier molecular flexibility index (Phi) is 5.77. The van der Waals surface area contributed by atoms with Crippen molar-refractivity contribution in [3.05, 3.63) is 59.4 Å². The summed E-state index contributed by atoms with van der Waals surface area (Å²) in [5.41, 5.74) is 2.06. The van der Waals surface area contributed by atoms with Gasteiger partial charge in [0, 0.05) is 17.4 Å². The standard InChI is InChI=1S/C23H23F3N2O3/c1-11(30)19(10-29)27-23(31)14-6-13(7-14)20-17-8-16(25)9-18(26)22(17)28-21(20)12-2-4-15(24)5-3-12/h2-5,8-9,11,13-14,19,28-30H,6-7,10H2,1H3,(H,27,31)/t11?,13?,14?,19-/m0/s1. The Hall–Kier alpha value is -2.84. The number of carbonyl (C=O) groups is 1. The molecule has 1 aromatic heterocycles. The predicted molar refractivity (Wildman–Crippen MR) is 110 cm³/mol. The first kappa shape index (κ1) is 21.4. The Morgan fingerprint density at radius 2 is 1.84 bits per heavy atom. The van der Waals surface area contributed by atoms with Crippen molar-refractivity contribution in [1.29, 1.82) is 0 Å². The van der Waals surface area contributed by atoms with Crippen molar-refractivity contribution in [3.63, 3.8) is 0 Å². The van der Waals surface area contributed by atoms with E-state index in [1.807, 2.05) is 0 Å². The lowest BCUT2D eigenvalue weighted by Gasteiger charge is -2.36. The molecule has 31 heavy (non-hydrogen) atoms. The monoisotopic (exact) mass is 432 g/mol. The topological polar surface area (TPSA) is 85.3 Å². The van der Waals surface area contributed by atoms with Gasteiger partial charge < -0.3 is 20.5 Å². The molecule has 2 atom stereocenters. The molecule has 5 nitrogen and oxygen atoms in total. The van der Waals surface area contributed by atoms with Gasteiger partial charge in [0.05, 0.1) is 30.0 Å². The Morgan fingerprint density at radius 1 is 1.16 bits per heavy atom. The third kappa shape index (κ3) is 4.05. The van der Waals surface area contributed by atoms with Gasteiger partial charge in [-0.05, 0) is 67.1 Å². The first-order chi connectivity index (χ1) is 14.8. The van der Waals surface area contributed by atoms with Gasteiger partial charge in [0.15, 0.2) is 0 Å². The summed E-state index contributed by atoms with van der Waals surface area (Å²) in [6.45, 7) is 1.10. The van der Waals surface area contributed by atoms with Gasteiger partial charge in [-0.3, -0.25) is 4.79 Å². The molecule has 4 N–H and O–H groups in total. The average Bonchev–Trinajstić information content (AvgIpc) is 3.05. The van der Waals surface area contributed by atoms with E-state index >= 15 is 0 Å². The Morgan fingerprint density at radius 3 is 2.45 bits per heavy atom. The number of fused-ring (bicyclic) bond motifs is 1. The quantitative estimate of drug-likeness (QED) is 0.480. The van der Waals surface area contributed by atoms with Crippen LogP contribution < -0.4 is 5.32 Å². The van der Waals surface area contributed by atoms with Gasteiger partial charge in [0.2, 0.25) is 5.91 Å². The molecule has 0 saturated heterocycles. The predicted octanol–water partition coefficient (Wildman–Crippen LogP) is 3.60. The number of rotatable bonds is 6. The van der Waals surface area contributed by atoms with E-state index in [1.165, 1.54) is 25.1 Å². The molecule has 1 aliphatic rings. The number of aromatic amines is 1. The smallest absolute Gasteiger partial charge is 0.223 e. The Balaban J connectivity index is 1.65. The summed E-state index contributed by atoms with van der Waals surface area (Å²) >= 11 is 0. The van der Waals surface area contributed by atoms with Crippen molar-refractivity contribution in [2.24, 2.45) is 5.92 Å². The molecule has 0 radical (unpaired) electrons. The zero-order valence-electron chi connectivity index (χ0n) is 16.8. The molecule has 164 valence electrons. The second kappa shape index (κ2) is 8.36. The van der Waals surface area contributed by atoms with E-state index in [1.54, 1.807) is 12.1 Å². The van der Waals surface area contributed by atoms with E-state index in [0.29, 0.717) is 35.0 Å². The van der Waals surface area contributed by atoms with Gasteiger partial charge in [-0.1, -0.05) is 0 Å². The van der Waals surface area contributed by atoms with E-state index in [4.69, 9.17) is 0 Å². The highest BCUT2D eigenvalue weighted by Crippen LogP contribution is 2.48. The van der Waals surface area contributed by atoms with Gasteiger partial charge >= 0.3 is 0 Å². The largest absolute Gasteiger partial charge is 0.394 e. The molecule has 0 bridgehead atoms. The highest BCUT2D eigenvalue weighted by atomic mass is 19.1. The summed E-state index contributed by atoms with van der Waals surface area (Å²) in [6.07, 6.45) is 0.000975. The fraction of sp³-hybridized carbons (Fsp3) is 0.348. The zero-order chi connectivity index (χ0) is 22.3. The second-order valence-electron chi connectivity index (χ2n) is 8.13. The molecule has 2 aromatic carbocycles. The third-order valence-corrected chi connectivity index (χ3v) is 6.02. The maximum atomic E-state index is 14.4. The van der Waals surface area contributed by atoms with Crippen molar-refractivity contribution in [2.45, 2.75) is 37.8 Å². The van der Waals surface area contributed by atoms with Crippen LogP contribution in [-0.2, 0) is 4.79 Å². The van der Waals surface area contributed by atoms with Crippen LogP contribution >= 0.6 is 0 Å². The van der Waals surface area contributed by atoms with Crippen LogP contribution in [0.3, 0.4) is 0 Å².